The molecule has 0 spiro atoms. The lowest BCUT2D eigenvalue weighted by Gasteiger charge is -2.23. The number of hydrogen-bond acceptors (Lipinski definition) is 2. The Morgan fingerprint density at radius 2 is 2.06 bits per heavy atom. The summed E-state index contributed by atoms with van der Waals surface area (Å²) in [5, 5.41) is 0. The van der Waals surface area contributed by atoms with Crippen LogP contribution in [0.3, 0.4) is 0 Å². The maximum Gasteiger partial charge on any atom is 0.330 e. The summed E-state index contributed by atoms with van der Waals surface area (Å²) < 4.78 is 4.93. The van der Waals surface area contributed by atoms with E-state index in [2.05, 4.69) is 27.4 Å². The zero-order valence-corrected chi connectivity index (χ0v) is 12.8. The number of rotatable bonds is 10. The van der Waals surface area contributed by atoms with Gasteiger partial charge in [-0.15, -0.1) is 11.6 Å². The van der Waals surface area contributed by atoms with Crippen LogP contribution in [0.1, 0.15) is 59.3 Å². The third kappa shape index (κ3) is 10.6. The van der Waals surface area contributed by atoms with Crippen molar-refractivity contribution in [3.8, 4) is 0 Å². The first kappa shape index (κ1) is 17.5. The van der Waals surface area contributed by atoms with Gasteiger partial charge in [-0.3, -0.25) is 0 Å². The maximum atomic E-state index is 10.8. The minimum absolute atomic E-state index is 0.0971. The number of alkyl halides is 1. The van der Waals surface area contributed by atoms with E-state index in [1.54, 1.807) is 0 Å². The van der Waals surface area contributed by atoms with Gasteiger partial charge in [0.05, 0.1) is 6.61 Å². The van der Waals surface area contributed by atoms with Crippen molar-refractivity contribution >= 4 is 17.6 Å². The number of ether oxygens (including phenoxy) is 1. The van der Waals surface area contributed by atoms with Crippen LogP contribution >= 0.6 is 11.6 Å². The SMILES string of the molecule is C=CC(=O)OCCCCCC(CC)CC(C)(C)Cl. The van der Waals surface area contributed by atoms with Gasteiger partial charge in [-0.05, 0) is 32.6 Å². The van der Waals surface area contributed by atoms with Crippen molar-refractivity contribution in [2.45, 2.75) is 64.2 Å². The third-order valence-electron chi connectivity index (χ3n) is 3.02. The van der Waals surface area contributed by atoms with E-state index in [0.717, 1.165) is 19.3 Å². The second kappa shape index (κ2) is 9.43. The van der Waals surface area contributed by atoms with Crippen LogP contribution in [0.4, 0.5) is 0 Å². The van der Waals surface area contributed by atoms with Gasteiger partial charge in [-0.1, -0.05) is 39.2 Å². The van der Waals surface area contributed by atoms with Crippen LogP contribution in [0.25, 0.3) is 0 Å². The van der Waals surface area contributed by atoms with E-state index in [1.165, 1.54) is 25.3 Å². The van der Waals surface area contributed by atoms with Crippen molar-refractivity contribution in [3.05, 3.63) is 12.7 Å². The Labute approximate surface area is 117 Å². The van der Waals surface area contributed by atoms with Crippen LogP contribution in [0, 0.1) is 5.92 Å². The summed E-state index contributed by atoms with van der Waals surface area (Å²) in [5.74, 6) is 0.374. The molecule has 0 aromatic heterocycles. The normalized spacial score (nSPS) is 13.1. The average Bonchev–Trinajstić information content (AvgIpc) is 2.29. The van der Waals surface area contributed by atoms with Gasteiger partial charge in [0.15, 0.2) is 0 Å². The van der Waals surface area contributed by atoms with Gasteiger partial charge < -0.3 is 4.74 Å². The Morgan fingerprint density at radius 3 is 2.56 bits per heavy atom. The Hall–Kier alpha value is -0.500. The smallest absolute Gasteiger partial charge is 0.330 e. The average molecular weight is 275 g/mol. The predicted octanol–water partition coefficient (Wildman–Crippen LogP) is 4.71. The second-order valence-electron chi connectivity index (χ2n) is 5.42. The van der Waals surface area contributed by atoms with Crippen molar-refractivity contribution in [2.24, 2.45) is 5.92 Å². The zero-order chi connectivity index (χ0) is 14.0. The van der Waals surface area contributed by atoms with E-state index in [1.807, 2.05) is 0 Å². The molecule has 0 aromatic carbocycles. The molecular formula is C15H27ClO2. The van der Waals surface area contributed by atoms with E-state index in [4.69, 9.17) is 16.3 Å². The first-order valence-electron chi connectivity index (χ1n) is 6.87. The topological polar surface area (TPSA) is 26.3 Å². The van der Waals surface area contributed by atoms with E-state index >= 15 is 0 Å². The van der Waals surface area contributed by atoms with Gasteiger partial charge in [-0.2, -0.15) is 0 Å². The Morgan fingerprint density at radius 1 is 1.39 bits per heavy atom. The molecule has 0 aliphatic rings. The molecule has 0 heterocycles. The number of unbranched alkanes of at least 4 members (excludes halogenated alkanes) is 2. The van der Waals surface area contributed by atoms with Gasteiger partial charge in [0.1, 0.15) is 0 Å². The monoisotopic (exact) mass is 274 g/mol. The highest BCUT2D eigenvalue weighted by atomic mass is 35.5. The Balaban J connectivity index is 3.57. The number of carbonyl (C=O) groups excluding carboxylic acids is 1. The number of esters is 1. The minimum Gasteiger partial charge on any atom is -0.463 e. The lowest BCUT2D eigenvalue weighted by atomic mass is 9.89. The standard InChI is InChI=1S/C15H27ClO2/c1-5-13(12-15(3,4)16)10-8-7-9-11-18-14(17)6-2/h6,13H,2,5,7-12H2,1,3-4H3. The first-order chi connectivity index (χ1) is 8.39. The van der Waals surface area contributed by atoms with Gasteiger partial charge in [-0.25, -0.2) is 4.79 Å². The molecule has 0 aromatic rings. The number of halogens is 1. The van der Waals surface area contributed by atoms with Gasteiger partial charge in [0.2, 0.25) is 0 Å². The lowest BCUT2D eigenvalue weighted by Crippen LogP contribution is -2.16. The van der Waals surface area contributed by atoms with E-state index < -0.39 is 0 Å². The molecule has 0 amide bonds. The zero-order valence-electron chi connectivity index (χ0n) is 12.0. The molecule has 0 N–H and O–H groups in total. The molecule has 0 rings (SSSR count). The summed E-state index contributed by atoms with van der Waals surface area (Å²) in [7, 11) is 0. The quantitative estimate of drug-likeness (QED) is 0.250. The molecule has 0 saturated carbocycles. The van der Waals surface area contributed by atoms with Crippen LogP contribution in [0.2, 0.25) is 0 Å². The largest absolute Gasteiger partial charge is 0.463 e. The molecule has 106 valence electrons. The molecule has 0 bridgehead atoms. The molecular weight excluding hydrogens is 248 g/mol. The lowest BCUT2D eigenvalue weighted by molar-refractivity contribution is -0.137. The molecule has 18 heavy (non-hydrogen) atoms. The van der Waals surface area contributed by atoms with Crippen molar-refractivity contribution in [1.29, 1.82) is 0 Å². The summed E-state index contributed by atoms with van der Waals surface area (Å²) in [6.45, 7) is 10.2. The number of hydrogen-bond donors (Lipinski definition) is 0. The highest BCUT2D eigenvalue weighted by molar-refractivity contribution is 6.23. The maximum absolute atomic E-state index is 10.8. The van der Waals surface area contributed by atoms with E-state index in [9.17, 15) is 4.79 Å². The summed E-state index contributed by atoms with van der Waals surface area (Å²) in [6.07, 6.45) is 7.87. The second-order valence-corrected chi connectivity index (χ2v) is 6.44. The van der Waals surface area contributed by atoms with Crippen LogP contribution in [0.15, 0.2) is 12.7 Å². The fraction of sp³-hybridized carbons (Fsp3) is 0.800. The van der Waals surface area contributed by atoms with Crippen LogP contribution in [-0.4, -0.2) is 17.5 Å². The summed E-state index contributed by atoms with van der Waals surface area (Å²) in [6, 6.07) is 0. The molecule has 3 heteroatoms. The van der Waals surface area contributed by atoms with E-state index in [-0.39, 0.29) is 10.8 Å². The summed E-state index contributed by atoms with van der Waals surface area (Å²) in [4.78, 5) is 10.7. The highest BCUT2D eigenvalue weighted by Gasteiger charge is 2.19. The fourth-order valence-corrected chi connectivity index (χ4v) is 2.30. The number of carbonyl (C=O) groups is 1. The van der Waals surface area contributed by atoms with Crippen molar-refractivity contribution in [3.63, 3.8) is 0 Å². The van der Waals surface area contributed by atoms with Crippen molar-refractivity contribution in [1.82, 2.24) is 0 Å². The van der Waals surface area contributed by atoms with Crippen molar-refractivity contribution in [2.75, 3.05) is 6.61 Å². The van der Waals surface area contributed by atoms with Gasteiger partial charge >= 0.3 is 5.97 Å². The van der Waals surface area contributed by atoms with Gasteiger partial charge in [0, 0.05) is 11.0 Å². The molecule has 0 radical (unpaired) electrons. The minimum atomic E-state index is -0.328. The fourth-order valence-electron chi connectivity index (χ4n) is 2.08. The first-order valence-corrected chi connectivity index (χ1v) is 7.25. The van der Waals surface area contributed by atoms with Crippen LogP contribution in [-0.2, 0) is 9.53 Å². The predicted molar refractivity (Wildman–Crippen MR) is 78.0 cm³/mol. The molecule has 2 nitrogen and oxygen atoms in total. The molecule has 0 fully saturated rings. The molecule has 0 aliphatic heterocycles. The molecule has 1 atom stereocenters. The van der Waals surface area contributed by atoms with Crippen molar-refractivity contribution < 1.29 is 9.53 Å². The highest BCUT2D eigenvalue weighted by Crippen LogP contribution is 2.28. The summed E-state index contributed by atoms with van der Waals surface area (Å²) in [5.41, 5.74) is 0. The van der Waals surface area contributed by atoms with Gasteiger partial charge in [0.25, 0.3) is 0 Å². The molecule has 1 unspecified atom stereocenters. The molecule has 0 saturated heterocycles. The Bertz CT molecular complexity index is 243. The third-order valence-corrected chi connectivity index (χ3v) is 3.17. The van der Waals surface area contributed by atoms with E-state index in [0.29, 0.717) is 12.5 Å². The van der Waals surface area contributed by atoms with Crippen LogP contribution in [0.5, 0.6) is 0 Å². The molecule has 0 aliphatic carbocycles. The Kier molecular flexibility index (Phi) is 9.17. The summed E-state index contributed by atoms with van der Waals surface area (Å²) >= 11 is 6.25. The van der Waals surface area contributed by atoms with Crippen LogP contribution < -0.4 is 0 Å².